The van der Waals surface area contributed by atoms with Crippen molar-refractivity contribution in [2.24, 2.45) is 11.8 Å². The molecule has 0 amide bonds. The smallest absolute Gasteiger partial charge is 0.0956 e. The molecule has 2 nitrogen and oxygen atoms in total. The van der Waals surface area contributed by atoms with Gasteiger partial charge in [-0.3, -0.25) is 0 Å². The lowest BCUT2D eigenvalue weighted by Gasteiger charge is -2.30. The van der Waals surface area contributed by atoms with E-state index in [2.05, 4.69) is 18.8 Å². The summed E-state index contributed by atoms with van der Waals surface area (Å²) in [4.78, 5) is 5.82. The number of aliphatic hydroxyl groups is 1. The number of rotatable bonds is 4. The molecule has 2 rings (SSSR count). The minimum absolute atomic E-state index is 0.187. The first-order valence-corrected chi connectivity index (χ1v) is 8.02. The maximum Gasteiger partial charge on any atom is 0.0956 e. The monoisotopic (exact) mass is 267 g/mol. The standard InChI is InChI=1S/C15H25NOS/c1-4-12-5-7-13(8-6-12)14(17)9-15-16-10(2)11(3)18-15/h12-14,17H,4-9H2,1-3H3. The Bertz CT molecular complexity index is 360. The van der Waals surface area contributed by atoms with Crippen LogP contribution in [0.4, 0.5) is 0 Å². The molecule has 1 unspecified atom stereocenters. The number of aryl methyl sites for hydroxylation is 2. The van der Waals surface area contributed by atoms with Crippen molar-refractivity contribution in [3.8, 4) is 0 Å². The molecule has 102 valence electrons. The molecule has 0 spiro atoms. The molecule has 1 aromatic heterocycles. The fraction of sp³-hybridized carbons (Fsp3) is 0.800. The Hall–Kier alpha value is -0.410. The van der Waals surface area contributed by atoms with Crippen LogP contribution in [0.3, 0.4) is 0 Å². The van der Waals surface area contributed by atoms with E-state index in [0.29, 0.717) is 5.92 Å². The third-order valence-electron chi connectivity index (χ3n) is 4.47. The minimum Gasteiger partial charge on any atom is -0.392 e. The highest BCUT2D eigenvalue weighted by molar-refractivity contribution is 7.11. The van der Waals surface area contributed by atoms with Gasteiger partial charge in [-0.15, -0.1) is 11.3 Å². The lowest BCUT2D eigenvalue weighted by atomic mass is 9.78. The van der Waals surface area contributed by atoms with Crippen molar-refractivity contribution in [1.29, 1.82) is 0 Å². The highest BCUT2D eigenvalue weighted by Gasteiger charge is 2.26. The predicted molar refractivity (Wildman–Crippen MR) is 77.0 cm³/mol. The van der Waals surface area contributed by atoms with Gasteiger partial charge in [-0.05, 0) is 38.5 Å². The molecule has 18 heavy (non-hydrogen) atoms. The molecular weight excluding hydrogens is 242 g/mol. The van der Waals surface area contributed by atoms with E-state index in [4.69, 9.17) is 0 Å². The van der Waals surface area contributed by atoms with Gasteiger partial charge in [-0.1, -0.05) is 26.2 Å². The van der Waals surface area contributed by atoms with Crippen LogP contribution in [0.25, 0.3) is 0 Å². The van der Waals surface area contributed by atoms with E-state index < -0.39 is 0 Å². The Kier molecular flexibility index (Phi) is 4.79. The summed E-state index contributed by atoms with van der Waals surface area (Å²) in [5.41, 5.74) is 1.12. The second kappa shape index (κ2) is 6.16. The third-order valence-corrected chi connectivity index (χ3v) is 5.56. The molecule has 1 atom stereocenters. The molecule has 1 fully saturated rings. The van der Waals surface area contributed by atoms with E-state index in [1.165, 1.54) is 37.0 Å². The van der Waals surface area contributed by atoms with Gasteiger partial charge in [0.1, 0.15) is 0 Å². The van der Waals surface area contributed by atoms with E-state index in [0.717, 1.165) is 23.0 Å². The van der Waals surface area contributed by atoms with Crippen molar-refractivity contribution in [2.45, 2.75) is 65.4 Å². The Morgan fingerprint density at radius 3 is 2.44 bits per heavy atom. The maximum atomic E-state index is 10.4. The maximum absolute atomic E-state index is 10.4. The van der Waals surface area contributed by atoms with Gasteiger partial charge in [0.05, 0.1) is 16.8 Å². The first-order chi connectivity index (χ1) is 8.60. The summed E-state index contributed by atoms with van der Waals surface area (Å²) in [5, 5.41) is 11.5. The fourth-order valence-electron chi connectivity index (χ4n) is 2.95. The van der Waals surface area contributed by atoms with Crippen molar-refractivity contribution in [3.05, 3.63) is 15.6 Å². The average molecular weight is 267 g/mol. The third kappa shape index (κ3) is 3.33. The molecule has 0 bridgehead atoms. The van der Waals surface area contributed by atoms with Gasteiger partial charge < -0.3 is 5.11 Å². The van der Waals surface area contributed by atoms with Crippen LogP contribution in [-0.2, 0) is 6.42 Å². The first-order valence-electron chi connectivity index (χ1n) is 7.21. The second-order valence-corrected chi connectivity index (χ2v) is 7.00. The van der Waals surface area contributed by atoms with Crippen molar-refractivity contribution in [1.82, 2.24) is 4.98 Å². The Balaban J connectivity index is 1.86. The summed E-state index contributed by atoms with van der Waals surface area (Å²) in [6.07, 6.45) is 6.86. The van der Waals surface area contributed by atoms with Gasteiger partial charge in [-0.25, -0.2) is 4.98 Å². The van der Waals surface area contributed by atoms with Crippen molar-refractivity contribution < 1.29 is 5.11 Å². The van der Waals surface area contributed by atoms with Gasteiger partial charge in [0.15, 0.2) is 0 Å². The minimum atomic E-state index is -0.187. The molecule has 1 saturated carbocycles. The Morgan fingerprint density at radius 2 is 1.94 bits per heavy atom. The van der Waals surface area contributed by atoms with Crippen LogP contribution < -0.4 is 0 Å². The largest absolute Gasteiger partial charge is 0.392 e. The second-order valence-electron chi connectivity index (χ2n) is 5.71. The first kappa shape index (κ1) is 14.0. The molecular formula is C15H25NOS. The topological polar surface area (TPSA) is 33.1 Å². The summed E-state index contributed by atoms with van der Waals surface area (Å²) in [6, 6.07) is 0. The number of thiazole rings is 1. The highest BCUT2D eigenvalue weighted by atomic mass is 32.1. The van der Waals surface area contributed by atoms with Crippen LogP contribution in [-0.4, -0.2) is 16.2 Å². The number of aromatic nitrogens is 1. The van der Waals surface area contributed by atoms with Gasteiger partial charge in [-0.2, -0.15) is 0 Å². The molecule has 1 N–H and O–H groups in total. The fourth-order valence-corrected chi connectivity index (χ4v) is 3.94. The van der Waals surface area contributed by atoms with E-state index >= 15 is 0 Å². The summed E-state index contributed by atoms with van der Waals surface area (Å²) in [6.45, 7) is 6.44. The van der Waals surface area contributed by atoms with E-state index in [1.807, 2.05) is 6.92 Å². The average Bonchev–Trinajstić information content (AvgIpc) is 2.68. The van der Waals surface area contributed by atoms with Crippen LogP contribution >= 0.6 is 11.3 Å². The van der Waals surface area contributed by atoms with Gasteiger partial charge in [0.2, 0.25) is 0 Å². The molecule has 1 aliphatic rings. The van der Waals surface area contributed by atoms with Gasteiger partial charge in [0.25, 0.3) is 0 Å². The molecule has 0 aliphatic heterocycles. The lowest BCUT2D eigenvalue weighted by Crippen LogP contribution is -2.27. The molecule has 1 heterocycles. The molecule has 3 heteroatoms. The van der Waals surface area contributed by atoms with Crippen LogP contribution in [0, 0.1) is 25.7 Å². The van der Waals surface area contributed by atoms with Crippen LogP contribution in [0.15, 0.2) is 0 Å². The van der Waals surface area contributed by atoms with Gasteiger partial charge in [0, 0.05) is 11.3 Å². The number of nitrogens with zero attached hydrogens (tertiary/aromatic N) is 1. The summed E-state index contributed by atoms with van der Waals surface area (Å²) < 4.78 is 0. The predicted octanol–water partition coefficient (Wildman–Crippen LogP) is 3.88. The Labute approximate surface area is 114 Å². The normalized spacial score (nSPS) is 26.2. The SMILES string of the molecule is CCC1CCC(C(O)Cc2nc(C)c(C)s2)CC1. The summed E-state index contributed by atoms with van der Waals surface area (Å²) in [5.74, 6) is 1.40. The van der Waals surface area contributed by atoms with E-state index in [1.54, 1.807) is 11.3 Å². The zero-order valence-corrected chi connectivity index (χ0v) is 12.6. The molecule has 0 aromatic carbocycles. The van der Waals surface area contributed by atoms with Crippen molar-refractivity contribution in [2.75, 3.05) is 0 Å². The van der Waals surface area contributed by atoms with E-state index in [9.17, 15) is 5.11 Å². The highest BCUT2D eigenvalue weighted by Crippen LogP contribution is 2.33. The van der Waals surface area contributed by atoms with Crippen LogP contribution in [0.5, 0.6) is 0 Å². The number of hydrogen-bond acceptors (Lipinski definition) is 3. The quantitative estimate of drug-likeness (QED) is 0.898. The zero-order valence-electron chi connectivity index (χ0n) is 11.8. The van der Waals surface area contributed by atoms with E-state index in [-0.39, 0.29) is 6.10 Å². The van der Waals surface area contributed by atoms with Crippen molar-refractivity contribution in [3.63, 3.8) is 0 Å². The Morgan fingerprint density at radius 1 is 1.28 bits per heavy atom. The van der Waals surface area contributed by atoms with Crippen LogP contribution in [0.1, 0.15) is 54.6 Å². The molecule has 1 aromatic rings. The molecule has 0 radical (unpaired) electrons. The zero-order chi connectivity index (χ0) is 13.1. The molecule has 1 aliphatic carbocycles. The lowest BCUT2D eigenvalue weighted by molar-refractivity contribution is 0.0734. The van der Waals surface area contributed by atoms with Crippen molar-refractivity contribution >= 4 is 11.3 Å². The number of aliphatic hydroxyl groups excluding tert-OH is 1. The van der Waals surface area contributed by atoms with Crippen LogP contribution in [0.2, 0.25) is 0 Å². The number of hydrogen-bond donors (Lipinski definition) is 1. The summed E-state index contributed by atoms with van der Waals surface area (Å²) >= 11 is 1.74. The summed E-state index contributed by atoms with van der Waals surface area (Å²) in [7, 11) is 0. The van der Waals surface area contributed by atoms with Gasteiger partial charge >= 0.3 is 0 Å². The molecule has 0 saturated heterocycles.